The van der Waals surface area contributed by atoms with Crippen LogP contribution in [0, 0.1) is 10.1 Å². The van der Waals surface area contributed by atoms with Gasteiger partial charge in [-0.15, -0.1) is 0 Å². The number of nitro benzene ring substituents is 1. The Balaban J connectivity index is 2.33. The van der Waals surface area contributed by atoms with E-state index in [4.69, 9.17) is 28.9 Å². The van der Waals surface area contributed by atoms with Crippen molar-refractivity contribution in [2.75, 3.05) is 6.54 Å². The average Bonchev–Trinajstić information content (AvgIpc) is 2.68. The molecule has 1 fully saturated rings. The number of hydrogen-bond donors (Lipinski definition) is 1. The smallest absolute Gasteiger partial charge is 0.323 e. The number of carboxylic acid groups (broad SMARTS) is 1. The first-order valence-electron chi connectivity index (χ1n) is 5.70. The van der Waals surface area contributed by atoms with Gasteiger partial charge in [-0.3, -0.25) is 24.6 Å². The highest BCUT2D eigenvalue weighted by atomic mass is 35.5. The minimum Gasteiger partial charge on any atom is -0.480 e. The molecule has 1 N–H and O–H groups in total. The predicted molar refractivity (Wildman–Crippen MR) is 85.6 cm³/mol. The number of thioether (sulfide) groups is 1. The number of carboxylic acids is 1. The Morgan fingerprint density at radius 1 is 1.55 bits per heavy atom. The minimum absolute atomic E-state index is 0.0134. The third-order valence-electron chi connectivity index (χ3n) is 2.63. The van der Waals surface area contributed by atoms with Crippen molar-refractivity contribution in [3.63, 3.8) is 0 Å². The van der Waals surface area contributed by atoms with Gasteiger partial charge in [0.05, 0.1) is 9.83 Å². The molecule has 0 aromatic heterocycles. The summed E-state index contributed by atoms with van der Waals surface area (Å²) < 4.78 is 0.127. The summed E-state index contributed by atoms with van der Waals surface area (Å²) >= 11 is 11.6. The molecule has 1 aromatic carbocycles. The van der Waals surface area contributed by atoms with Crippen molar-refractivity contribution in [1.29, 1.82) is 0 Å². The van der Waals surface area contributed by atoms with Gasteiger partial charge in [-0.05, 0) is 17.7 Å². The van der Waals surface area contributed by atoms with E-state index in [1.807, 2.05) is 0 Å². The van der Waals surface area contributed by atoms with E-state index >= 15 is 0 Å². The molecule has 0 saturated carbocycles. The van der Waals surface area contributed by atoms with Crippen LogP contribution in [0.4, 0.5) is 5.69 Å². The van der Waals surface area contributed by atoms with Crippen LogP contribution in [0.3, 0.4) is 0 Å². The normalized spacial score (nSPS) is 16.4. The number of rotatable bonds is 4. The van der Waals surface area contributed by atoms with E-state index in [1.165, 1.54) is 24.3 Å². The number of thiocarbonyl (C=S) groups is 1. The number of carbonyl (C=O) groups is 2. The molecule has 1 aromatic rings. The van der Waals surface area contributed by atoms with Crippen molar-refractivity contribution >= 4 is 63.5 Å². The maximum atomic E-state index is 12.1. The van der Waals surface area contributed by atoms with Crippen molar-refractivity contribution < 1.29 is 19.6 Å². The second kappa shape index (κ2) is 6.42. The summed E-state index contributed by atoms with van der Waals surface area (Å²) in [6, 6.07) is 4.09. The summed E-state index contributed by atoms with van der Waals surface area (Å²) in [6.45, 7) is -0.525. The van der Waals surface area contributed by atoms with Gasteiger partial charge in [0.15, 0.2) is 0 Å². The fourth-order valence-corrected chi connectivity index (χ4v) is 3.12. The summed E-state index contributed by atoms with van der Waals surface area (Å²) in [4.78, 5) is 34.1. The van der Waals surface area contributed by atoms with E-state index in [0.29, 0.717) is 5.56 Å². The summed E-state index contributed by atoms with van der Waals surface area (Å²) in [5.74, 6) is -1.73. The lowest BCUT2D eigenvalue weighted by Gasteiger charge is -2.10. The lowest BCUT2D eigenvalue weighted by molar-refractivity contribution is -0.384. The Hall–Kier alpha value is -1.97. The van der Waals surface area contributed by atoms with Gasteiger partial charge in [0.25, 0.3) is 11.6 Å². The van der Waals surface area contributed by atoms with Gasteiger partial charge in [0, 0.05) is 6.07 Å². The Bertz CT molecular complexity index is 734. The van der Waals surface area contributed by atoms with Crippen LogP contribution in [0.2, 0.25) is 5.02 Å². The van der Waals surface area contributed by atoms with E-state index in [9.17, 15) is 19.7 Å². The zero-order valence-electron chi connectivity index (χ0n) is 10.7. The van der Waals surface area contributed by atoms with Crippen LogP contribution in [0.5, 0.6) is 0 Å². The third kappa shape index (κ3) is 3.43. The topological polar surface area (TPSA) is 101 Å². The quantitative estimate of drug-likeness (QED) is 0.382. The first kappa shape index (κ1) is 16.4. The van der Waals surface area contributed by atoms with Gasteiger partial charge >= 0.3 is 5.97 Å². The van der Waals surface area contributed by atoms with E-state index in [0.717, 1.165) is 16.7 Å². The number of nitrogens with zero attached hydrogens (tertiary/aromatic N) is 2. The fraction of sp³-hybridized carbons (Fsp3) is 0.0833. The second-order valence-electron chi connectivity index (χ2n) is 4.13. The number of aliphatic carboxylic acids is 1. The fourth-order valence-electron chi connectivity index (χ4n) is 1.68. The standard InChI is InChI=1S/C12H7ClN2O5S2/c13-7-2-1-6(3-8(7)15(19)20)4-9-11(18)14(5-10(16)17)12(21)22-9/h1-4H,5H2,(H,16,17)/b9-4-. The van der Waals surface area contributed by atoms with Gasteiger partial charge < -0.3 is 5.11 Å². The molecule has 0 radical (unpaired) electrons. The zero-order chi connectivity index (χ0) is 16.4. The van der Waals surface area contributed by atoms with Crippen LogP contribution in [0.25, 0.3) is 6.08 Å². The molecule has 0 aliphatic carbocycles. The Kier molecular flexibility index (Phi) is 4.79. The van der Waals surface area contributed by atoms with Crippen molar-refractivity contribution in [2.24, 2.45) is 0 Å². The number of benzene rings is 1. The lowest BCUT2D eigenvalue weighted by Crippen LogP contribution is -2.33. The molecule has 0 unspecified atom stereocenters. The van der Waals surface area contributed by atoms with Crippen LogP contribution in [0.15, 0.2) is 23.1 Å². The maximum Gasteiger partial charge on any atom is 0.323 e. The molecule has 2 rings (SSSR count). The molecular formula is C12H7ClN2O5S2. The zero-order valence-corrected chi connectivity index (χ0v) is 13.1. The number of amides is 1. The maximum absolute atomic E-state index is 12.1. The largest absolute Gasteiger partial charge is 0.480 e. The first-order chi connectivity index (χ1) is 10.3. The van der Waals surface area contributed by atoms with Gasteiger partial charge in [0.1, 0.15) is 15.9 Å². The molecule has 10 heteroatoms. The van der Waals surface area contributed by atoms with Crippen molar-refractivity contribution in [2.45, 2.75) is 0 Å². The second-order valence-corrected chi connectivity index (χ2v) is 6.21. The highest BCUT2D eigenvalue weighted by molar-refractivity contribution is 8.26. The lowest BCUT2D eigenvalue weighted by atomic mass is 10.2. The van der Waals surface area contributed by atoms with Gasteiger partial charge in [-0.1, -0.05) is 41.6 Å². The Morgan fingerprint density at radius 3 is 2.82 bits per heavy atom. The van der Waals surface area contributed by atoms with Crippen molar-refractivity contribution in [3.05, 3.63) is 43.8 Å². The highest BCUT2D eigenvalue weighted by Crippen LogP contribution is 2.33. The predicted octanol–water partition coefficient (Wildman–Crippen LogP) is 2.53. The van der Waals surface area contributed by atoms with Crippen molar-refractivity contribution in [3.8, 4) is 0 Å². The molecule has 0 spiro atoms. The highest BCUT2D eigenvalue weighted by Gasteiger charge is 2.33. The number of nitro groups is 1. The number of halogens is 1. The number of carbonyl (C=O) groups excluding carboxylic acids is 1. The molecule has 1 saturated heterocycles. The first-order valence-corrected chi connectivity index (χ1v) is 7.31. The molecule has 114 valence electrons. The van der Waals surface area contributed by atoms with Crippen molar-refractivity contribution in [1.82, 2.24) is 4.90 Å². The SMILES string of the molecule is O=C(O)CN1C(=O)/C(=C/c2ccc(Cl)c([N+](=O)[O-])c2)SC1=S. The van der Waals surface area contributed by atoms with Crippen LogP contribution >= 0.6 is 35.6 Å². The molecule has 7 nitrogen and oxygen atoms in total. The molecule has 0 atom stereocenters. The van der Waals surface area contributed by atoms with Crippen LogP contribution in [0.1, 0.15) is 5.56 Å². The molecule has 1 aliphatic rings. The average molecular weight is 359 g/mol. The van der Waals surface area contributed by atoms with Crippen LogP contribution in [-0.4, -0.2) is 37.7 Å². The number of hydrogen-bond acceptors (Lipinski definition) is 6. The molecule has 1 heterocycles. The van der Waals surface area contributed by atoms with E-state index in [1.54, 1.807) is 0 Å². The van der Waals surface area contributed by atoms with Crippen LogP contribution < -0.4 is 0 Å². The summed E-state index contributed by atoms with van der Waals surface area (Å²) in [7, 11) is 0. The van der Waals surface area contributed by atoms with Gasteiger partial charge in [-0.2, -0.15) is 0 Å². The summed E-state index contributed by atoms with van der Waals surface area (Å²) in [5.41, 5.74) is 0.114. The molecule has 1 aliphatic heterocycles. The molecule has 1 amide bonds. The van der Waals surface area contributed by atoms with Gasteiger partial charge in [0.2, 0.25) is 0 Å². The van der Waals surface area contributed by atoms with E-state index < -0.39 is 23.3 Å². The monoisotopic (exact) mass is 358 g/mol. The Labute approximate surface area is 138 Å². The summed E-state index contributed by atoms with van der Waals surface area (Å²) in [5, 5.41) is 19.6. The van der Waals surface area contributed by atoms with Crippen LogP contribution in [-0.2, 0) is 9.59 Å². The van der Waals surface area contributed by atoms with Gasteiger partial charge in [-0.25, -0.2) is 0 Å². The molecular weight excluding hydrogens is 352 g/mol. The third-order valence-corrected chi connectivity index (χ3v) is 4.33. The Morgan fingerprint density at radius 2 is 2.23 bits per heavy atom. The summed E-state index contributed by atoms with van der Waals surface area (Å²) in [6.07, 6.45) is 1.41. The van der Waals surface area contributed by atoms with E-state index in [2.05, 4.69) is 0 Å². The van der Waals surface area contributed by atoms with E-state index in [-0.39, 0.29) is 19.9 Å². The molecule has 0 bridgehead atoms. The molecule has 22 heavy (non-hydrogen) atoms. The minimum atomic E-state index is -1.18.